The van der Waals surface area contributed by atoms with Crippen molar-refractivity contribution in [3.05, 3.63) is 26.8 Å². The molecule has 66 valence electrons. The molecule has 2 N–H and O–H groups in total. The highest BCUT2D eigenvalue weighted by atomic mass is 127. The second kappa shape index (κ2) is 4.12. The summed E-state index contributed by atoms with van der Waals surface area (Å²) in [6.07, 6.45) is 2.05. The van der Waals surface area contributed by atoms with Crippen LogP contribution in [-0.4, -0.2) is 0 Å². The average Bonchev–Trinajstić information content (AvgIpc) is 2.08. The fourth-order valence-corrected chi connectivity index (χ4v) is 2.07. The maximum absolute atomic E-state index is 5.97. The van der Waals surface area contributed by atoms with E-state index in [1.54, 1.807) is 0 Å². The average molecular weight is 275 g/mol. The Labute approximate surface area is 87.5 Å². The SMILES string of the molecule is CCc1cc(I)cc(CC)c1N. The molecule has 0 spiro atoms. The van der Waals surface area contributed by atoms with Gasteiger partial charge in [0, 0.05) is 9.26 Å². The molecule has 1 aromatic rings. The number of hydrogen-bond donors (Lipinski definition) is 1. The normalized spacial score (nSPS) is 10.2. The van der Waals surface area contributed by atoms with E-state index >= 15 is 0 Å². The number of nitrogen functional groups attached to an aromatic ring is 1. The van der Waals surface area contributed by atoms with Crippen molar-refractivity contribution in [1.29, 1.82) is 0 Å². The molecule has 0 bridgehead atoms. The zero-order valence-electron chi connectivity index (χ0n) is 7.52. The quantitative estimate of drug-likeness (QED) is 0.651. The molecular formula is C10H14IN. The predicted octanol–water partition coefficient (Wildman–Crippen LogP) is 3.00. The van der Waals surface area contributed by atoms with Gasteiger partial charge >= 0.3 is 0 Å². The lowest BCUT2D eigenvalue weighted by Crippen LogP contribution is -1.99. The van der Waals surface area contributed by atoms with Crippen LogP contribution in [0.1, 0.15) is 25.0 Å². The van der Waals surface area contributed by atoms with Crippen LogP contribution < -0.4 is 5.73 Å². The number of hydrogen-bond acceptors (Lipinski definition) is 1. The van der Waals surface area contributed by atoms with Gasteiger partial charge in [0.25, 0.3) is 0 Å². The summed E-state index contributed by atoms with van der Waals surface area (Å²) in [7, 11) is 0. The van der Waals surface area contributed by atoms with E-state index in [4.69, 9.17) is 5.73 Å². The van der Waals surface area contributed by atoms with Crippen molar-refractivity contribution in [2.24, 2.45) is 0 Å². The van der Waals surface area contributed by atoms with E-state index in [2.05, 4.69) is 48.6 Å². The van der Waals surface area contributed by atoms with Crippen molar-refractivity contribution in [3.8, 4) is 0 Å². The van der Waals surface area contributed by atoms with E-state index in [-0.39, 0.29) is 0 Å². The Balaban J connectivity index is 3.22. The van der Waals surface area contributed by atoms with E-state index in [9.17, 15) is 0 Å². The van der Waals surface area contributed by atoms with Crippen molar-refractivity contribution in [1.82, 2.24) is 0 Å². The summed E-state index contributed by atoms with van der Waals surface area (Å²) in [4.78, 5) is 0. The number of rotatable bonds is 2. The molecule has 0 aliphatic heterocycles. The molecule has 1 aromatic carbocycles. The van der Waals surface area contributed by atoms with Crippen LogP contribution in [0.15, 0.2) is 12.1 Å². The Morgan fingerprint density at radius 3 is 1.92 bits per heavy atom. The monoisotopic (exact) mass is 275 g/mol. The lowest BCUT2D eigenvalue weighted by atomic mass is 10.0. The minimum absolute atomic E-state index is 0.986. The summed E-state index contributed by atoms with van der Waals surface area (Å²) < 4.78 is 1.29. The Kier molecular flexibility index (Phi) is 3.38. The van der Waals surface area contributed by atoms with E-state index in [1.165, 1.54) is 14.7 Å². The molecule has 0 aliphatic carbocycles. The smallest absolute Gasteiger partial charge is 0.0379 e. The molecular weight excluding hydrogens is 261 g/mol. The van der Waals surface area contributed by atoms with Crippen LogP contribution in [0.25, 0.3) is 0 Å². The third kappa shape index (κ3) is 1.91. The first-order chi connectivity index (χ1) is 5.69. The van der Waals surface area contributed by atoms with Crippen molar-refractivity contribution >= 4 is 28.3 Å². The zero-order valence-corrected chi connectivity index (χ0v) is 9.68. The first-order valence-corrected chi connectivity index (χ1v) is 5.33. The van der Waals surface area contributed by atoms with Gasteiger partial charge in [0.1, 0.15) is 0 Å². The van der Waals surface area contributed by atoms with Gasteiger partial charge in [-0.05, 0) is 58.7 Å². The minimum Gasteiger partial charge on any atom is -0.398 e. The molecule has 0 atom stereocenters. The predicted molar refractivity (Wildman–Crippen MR) is 62.3 cm³/mol. The van der Waals surface area contributed by atoms with Crippen molar-refractivity contribution in [3.63, 3.8) is 0 Å². The molecule has 0 aromatic heterocycles. The van der Waals surface area contributed by atoms with Crippen LogP contribution in [0.2, 0.25) is 0 Å². The lowest BCUT2D eigenvalue weighted by molar-refractivity contribution is 1.09. The van der Waals surface area contributed by atoms with Gasteiger partial charge in [-0.15, -0.1) is 0 Å². The summed E-state index contributed by atoms with van der Waals surface area (Å²) in [6.45, 7) is 4.28. The maximum Gasteiger partial charge on any atom is 0.0379 e. The van der Waals surface area contributed by atoms with Gasteiger partial charge in [0.15, 0.2) is 0 Å². The number of anilines is 1. The summed E-state index contributed by atoms with van der Waals surface area (Å²) in [5, 5.41) is 0. The second-order valence-electron chi connectivity index (χ2n) is 2.84. The van der Waals surface area contributed by atoms with Gasteiger partial charge in [0.2, 0.25) is 0 Å². The summed E-state index contributed by atoms with van der Waals surface area (Å²) in [6, 6.07) is 4.32. The van der Waals surface area contributed by atoms with Gasteiger partial charge in [-0.25, -0.2) is 0 Å². The molecule has 0 saturated heterocycles. The summed E-state index contributed by atoms with van der Waals surface area (Å²) in [5.74, 6) is 0. The van der Waals surface area contributed by atoms with Crippen molar-refractivity contribution < 1.29 is 0 Å². The highest BCUT2D eigenvalue weighted by molar-refractivity contribution is 14.1. The highest BCUT2D eigenvalue weighted by Crippen LogP contribution is 2.22. The second-order valence-corrected chi connectivity index (χ2v) is 4.09. The number of benzene rings is 1. The molecule has 12 heavy (non-hydrogen) atoms. The number of aryl methyl sites for hydroxylation is 2. The minimum atomic E-state index is 0.986. The largest absolute Gasteiger partial charge is 0.398 e. The fourth-order valence-electron chi connectivity index (χ4n) is 1.32. The molecule has 1 rings (SSSR count). The molecule has 0 fully saturated rings. The van der Waals surface area contributed by atoms with Crippen LogP contribution >= 0.6 is 22.6 Å². The van der Waals surface area contributed by atoms with Crippen LogP contribution in [0.5, 0.6) is 0 Å². The standard InChI is InChI=1S/C10H14IN/c1-3-7-5-9(11)6-8(4-2)10(7)12/h5-6H,3-4,12H2,1-2H3. The zero-order chi connectivity index (χ0) is 9.14. The van der Waals surface area contributed by atoms with Crippen molar-refractivity contribution in [2.45, 2.75) is 26.7 Å². The van der Waals surface area contributed by atoms with Crippen LogP contribution in [0, 0.1) is 3.57 Å². The lowest BCUT2D eigenvalue weighted by Gasteiger charge is -2.08. The molecule has 0 heterocycles. The van der Waals surface area contributed by atoms with Crippen molar-refractivity contribution in [2.75, 3.05) is 5.73 Å². The third-order valence-corrected chi connectivity index (χ3v) is 2.70. The summed E-state index contributed by atoms with van der Waals surface area (Å²) >= 11 is 2.34. The Bertz CT molecular complexity index is 256. The van der Waals surface area contributed by atoms with Crippen LogP contribution in [0.3, 0.4) is 0 Å². The first-order valence-electron chi connectivity index (χ1n) is 4.25. The molecule has 0 radical (unpaired) electrons. The maximum atomic E-state index is 5.97. The van der Waals surface area contributed by atoms with Gasteiger partial charge in [0.05, 0.1) is 0 Å². The first kappa shape index (κ1) is 9.84. The Hall–Kier alpha value is -0.250. The van der Waals surface area contributed by atoms with E-state index in [0.29, 0.717) is 0 Å². The van der Waals surface area contributed by atoms with Gasteiger partial charge in [-0.2, -0.15) is 0 Å². The Morgan fingerprint density at radius 2 is 1.58 bits per heavy atom. The summed E-state index contributed by atoms with van der Waals surface area (Å²) in [5.41, 5.74) is 9.51. The topological polar surface area (TPSA) is 26.0 Å². The molecule has 0 saturated carbocycles. The van der Waals surface area contributed by atoms with Crippen LogP contribution in [-0.2, 0) is 12.8 Å². The van der Waals surface area contributed by atoms with Gasteiger partial charge in [-0.1, -0.05) is 13.8 Å². The molecule has 0 aliphatic rings. The van der Waals surface area contributed by atoms with E-state index in [1.807, 2.05) is 0 Å². The van der Waals surface area contributed by atoms with Gasteiger partial charge < -0.3 is 5.73 Å². The fraction of sp³-hybridized carbons (Fsp3) is 0.400. The Morgan fingerprint density at radius 1 is 1.17 bits per heavy atom. The van der Waals surface area contributed by atoms with Gasteiger partial charge in [-0.3, -0.25) is 0 Å². The third-order valence-electron chi connectivity index (χ3n) is 2.08. The molecule has 0 amide bonds. The molecule has 2 heteroatoms. The van der Waals surface area contributed by atoms with E-state index < -0.39 is 0 Å². The number of nitrogens with two attached hydrogens (primary N) is 1. The van der Waals surface area contributed by atoms with Crippen LogP contribution in [0.4, 0.5) is 5.69 Å². The van der Waals surface area contributed by atoms with E-state index in [0.717, 1.165) is 18.5 Å². The molecule has 0 unspecified atom stereocenters. The number of halogens is 1. The highest BCUT2D eigenvalue weighted by Gasteiger charge is 2.03. The molecule has 1 nitrogen and oxygen atoms in total.